The molecule has 21 heavy (non-hydrogen) atoms. The van der Waals surface area contributed by atoms with Crippen molar-refractivity contribution in [3.63, 3.8) is 0 Å². The number of rotatable bonds is 6. The zero-order valence-electron chi connectivity index (χ0n) is 11.1. The lowest BCUT2D eigenvalue weighted by atomic mass is 10.1. The third-order valence-corrected chi connectivity index (χ3v) is 3.13. The van der Waals surface area contributed by atoms with E-state index < -0.39 is 11.0 Å². The Hall–Kier alpha value is -2.18. The number of aliphatic hydroxyl groups excluding tert-OH is 1. The van der Waals surface area contributed by atoms with Crippen LogP contribution in [0.15, 0.2) is 42.5 Å². The van der Waals surface area contributed by atoms with Crippen LogP contribution >= 0.6 is 11.6 Å². The van der Waals surface area contributed by atoms with Crippen LogP contribution in [-0.4, -0.2) is 27.7 Å². The number of nitro groups is 1. The van der Waals surface area contributed by atoms with Crippen LogP contribution < -0.4 is 5.32 Å². The molecule has 2 rings (SSSR count). The second-order valence-electron chi connectivity index (χ2n) is 4.47. The first-order valence-corrected chi connectivity index (χ1v) is 6.70. The summed E-state index contributed by atoms with van der Waals surface area (Å²) < 4.78 is 0. The Bertz CT molecular complexity index is 622. The number of halogens is 1. The number of pyridine rings is 1. The van der Waals surface area contributed by atoms with Gasteiger partial charge in [0.05, 0.1) is 17.6 Å². The SMILES string of the molecule is O=[N+]([O-])c1ccc(Cl)nc1NC(CO)Cc1ccccc1. The number of hydrogen-bond donors (Lipinski definition) is 2. The highest BCUT2D eigenvalue weighted by molar-refractivity contribution is 6.29. The summed E-state index contributed by atoms with van der Waals surface area (Å²) in [5, 5.41) is 23.5. The van der Waals surface area contributed by atoms with Gasteiger partial charge in [0.2, 0.25) is 5.82 Å². The molecular weight excluding hydrogens is 294 g/mol. The van der Waals surface area contributed by atoms with Gasteiger partial charge < -0.3 is 10.4 Å². The number of benzene rings is 1. The highest BCUT2D eigenvalue weighted by Gasteiger charge is 2.19. The van der Waals surface area contributed by atoms with E-state index in [4.69, 9.17) is 11.6 Å². The lowest BCUT2D eigenvalue weighted by Gasteiger charge is -2.17. The largest absolute Gasteiger partial charge is 0.394 e. The first kappa shape index (κ1) is 15.2. The molecule has 0 amide bonds. The lowest BCUT2D eigenvalue weighted by molar-refractivity contribution is -0.384. The summed E-state index contributed by atoms with van der Waals surface area (Å²) in [5.41, 5.74) is 0.833. The van der Waals surface area contributed by atoms with Crippen LogP contribution in [0.4, 0.5) is 11.5 Å². The van der Waals surface area contributed by atoms with E-state index in [1.54, 1.807) is 0 Å². The summed E-state index contributed by atoms with van der Waals surface area (Å²) in [6.45, 7) is -0.180. The van der Waals surface area contributed by atoms with Gasteiger partial charge in [0, 0.05) is 6.07 Å². The average Bonchev–Trinajstić information content (AvgIpc) is 2.47. The zero-order valence-corrected chi connectivity index (χ0v) is 11.8. The maximum Gasteiger partial charge on any atom is 0.311 e. The van der Waals surface area contributed by atoms with Gasteiger partial charge in [0.15, 0.2) is 0 Å². The van der Waals surface area contributed by atoms with Crippen molar-refractivity contribution in [3.05, 3.63) is 63.3 Å². The van der Waals surface area contributed by atoms with E-state index in [9.17, 15) is 15.2 Å². The van der Waals surface area contributed by atoms with Gasteiger partial charge in [-0.1, -0.05) is 41.9 Å². The predicted molar refractivity (Wildman–Crippen MR) is 80.5 cm³/mol. The summed E-state index contributed by atoms with van der Waals surface area (Å²) in [6.07, 6.45) is 0.517. The summed E-state index contributed by atoms with van der Waals surface area (Å²) in [4.78, 5) is 14.4. The fourth-order valence-electron chi connectivity index (χ4n) is 1.93. The molecule has 1 heterocycles. The average molecular weight is 308 g/mol. The van der Waals surface area contributed by atoms with E-state index >= 15 is 0 Å². The van der Waals surface area contributed by atoms with Crippen LogP contribution in [0, 0.1) is 10.1 Å². The Balaban J connectivity index is 2.18. The van der Waals surface area contributed by atoms with Gasteiger partial charge in [-0.3, -0.25) is 10.1 Å². The number of hydrogen-bond acceptors (Lipinski definition) is 5. The predicted octanol–water partition coefficient (Wildman–Crippen LogP) is 2.66. The Labute approximate surface area is 126 Å². The number of aliphatic hydroxyl groups is 1. The molecule has 0 radical (unpaired) electrons. The van der Waals surface area contributed by atoms with Crippen molar-refractivity contribution in [2.45, 2.75) is 12.5 Å². The minimum Gasteiger partial charge on any atom is -0.394 e. The molecule has 2 N–H and O–H groups in total. The van der Waals surface area contributed by atoms with Crippen LogP contribution in [-0.2, 0) is 6.42 Å². The molecular formula is C14H14ClN3O3. The maximum absolute atomic E-state index is 11.0. The highest BCUT2D eigenvalue weighted by atomic mass is 35.5. The summed E-state index contributed by atoms with van der Waals surface area (Å²) in [5.74, 6) is 0.0579. The molecule has 1 aromatic heterocycles. The Morgan fingerprint density at radius 2 is 2.00 bits per heavy atom. The highest BCUT2D eigenvalue weighted by Crippen LogP contribution is 2.25. The molecule has 7 heteroatoms. The van der Waals surface area contributed by atoms with Gasteiger partial charge in [-0.05, 0) is 18.1 Å². The van der Waals surface area contributed by atoms with E-state index in [2.05, 4.69) is 10.3 Å². The normalized spacial score (nSPS) is 11.9. The second-order valence-corrected chi connectivity index (χ2v) is 4.86. The van der Waals surface area contributed by atoms with E-state index in [0.29, 0.717) is 6.42 Å². The smallest absolute Gasteiger partial charge is 0.311 e. The van der Waals surface area contributed by atoms with Gasteiger partial charge in [-0.25, -0.2) is 4.98 Å². The number of nitrogens with one attached hydrogen (secondary N) is 1. The Kier molecular flexibility index (Phi) is 5.08. The van der Waals surface area contributed by atoms with Gasteiger partial charge in [-0.2, -0.15) is 0 Å². The molecule has 2 aromatic rings. The van der Waals surface area contributed by atoms with Crippen molar-refractivity contribution >= 4 is 23.1 Å². The summed E-state index contributed by atoms with van der Waals surface area (Å²) >= 11 is 5.77. The molecule has 0 spiro atoms. The molecule has 1 unspecified atom stereocenters. The molecule has 0 bridgehead atoms. The van der Waals surface area contributed by atoms with E-state index in [1.807, 2.05) is 30.3 Å². The number of nitrogens with zero attached hydrogens (tertiary/aromatic N) is 2. The topological polar surface area (TPSA) is 88.3 Å². The lowest BCUT2D eigenvalue weighted by Crippen LogP contribution is -2.27. The first-order valence-electron chi connectivity index (χ1n) is 6.32. The molecule has 6 nitrogen and oxygen atoms in total. The van der Waals surface area contributed by atoms with Crippen molar-refractivity contribution in [2.75, 3.05) is 11.9 Å². The van der Waals surface area contributed by atoms with Crippen molar-refractivity contribution in [1.82, 2.24) is 4.98 Å². The van der Waals surface area contributed by atoms with Gasteiger partial charge in [0.25, 0.3) is 0 Å². The van der Waals surface area contributed by atoms with Gasteiger partial charge in [-0.15, -0.1) is 0 Å². The van der Waals surface area contributed by atoms with Crippen LogP contribution in [0.2, 0.25) is 5.15 Å². The molecule has 0 aliphatic heterocycles. The minimum atomic E-state index is -0.539. The van der Waals surface area contributed by atoms with Crippen molar-refractivity contribution < 1.29 is 10.0 Å². The molecule has 0 aliphatic rings. The Morgan fingerprint density at radius 3 is 2.62 bits per heavy atom. The van der Waals surface area contributed by atoms with Crippen LogP contribution in [0.3, 0.4) is 0 Å². The van der Waals surface area contributed by atoms with E-state index in [0.717, 1.165) is 5.56 Å². The van der Waals surface area contributed by atoms with Crippen LogP contribution in [0.5, 0.6) is 0 Å². The van der Waals surface area contributed by atoms with Crippen molar-refractivity contribution in [1.29, 1.82) is 0 Å². The molecule has 0 saturated carbocycles. The summed E-state index contributed by atoms with van der Waals surface area (Å²) in [7, 11) is 0. The monoisotopic (exact) mass is 307 g/mol. The number of aromatic nitrogens is 1. The molecule has 110 valence electrons. The van der Waals surface area contributed by atoms with Gasteiger partial charge >= 0.3 is 5.69 Å². The van der Waals surface area contributed by atoms with Crippen molar-refractivity contribution in [3.8, 4) is 0 Å². The summed E-state index contributed by atoms with van der Waals surface area (Å²) in [6, 6.07) is 11.8. The molecule has 0 aliphatic carbocycles. The van der Waals surface area contributed by atoms with Crippen molar-refractivity contribution in [2.24, 2.45) is 0 Å². The standard InChI is InChI=1S/C14H14ClN3O3/c15-13-7-6-12(18(20)21)14(17-13)16-11(9-19)8-10-4-2-1-3-5-10/h1-7,11,19H,8-9H2,(H,16,17). The minimum absolute atomic E-state index is 0.0579. The maximum atomic E-state index is 11.0. The third kappa shape index (κ3) is 4.14. The molecule has 0 saturated heterocycles. The van der Waals surface area contributed by atoms with E-state index in [1.165, 1.54) is 12.1 Å². The quantitative estimate of drug-likeness (QED) is 0.486. The molecule has 1 aromatic carbocycles. The third-order valence-electron chi connectivity index (χ3n) is 2.92. The fourth-order valence-corrected chi connectivity index (χ4v) is 2.08. The fraction of sp³-hybridized carbons (Fsp3) is 0.214. The number of anilines is 1. The van der Waals surface area contributed by atoms with Crippen LogP contribution in [0.1, 0.15) is 5.56 Å². The molecule has 1 atom stereocenters. The van der Waals surface area contributed by atoms with E-state index in [-0.39, 0.29) is 23.3 Å². The zero-order chi connectivity index (χ0) is 15.2. The second kappa shape index (κ2) is 7.01. The van der Waals surface area contributed by atoms with Crippen LogP contribution in [0.25, 0.3) is 0 Å². The Morgan fingerprint density at radius 1 is 1.29 bits per heavy atom. The molecule has 0 fully saturated rings. The van der Waals surface area contributed by atoms with Gasteiger partial charge in [0.1, 0.15) is 5.15 Å². The first-order chi connectivity index (χ1) is 10.1.